The zero-order chi connectivity index (χ0) is 13.9. The summed E-state index contributed by atoms with van der Waals surface area (Å²) in [7, 11) is 0. The minimum atomic E-state index is -0.0156. The van der Waals surface area contributed by atoms with Gasteiger partial charge < -0.3 is 9.47 Å². The maximum absolute atomic E-state index is 12.9. The minimum absolute atomic E-state index is 0. The number of ketones is 1. The second-order valence-electron chi connectivity index (χ2n) is 5.45. The molecule has 1 unspecified atom stereocenters. The fourth-order valence-corrected chi connectivity index (χ4v) is 3.11. The van der Waals surface area contributed by atoms with Gasteiger partial charge in [-0.25, -0.2) is 0 Å². The Balaban J connectivity index is 0.00000161. The number of halogens is 1. The molecule has 0 radical (unpaired) electrons. The second-order valence-corrected chi connectivity index (χ2v) is 5.45. The lowest BCUT2D eigenvalue weighted by Gasteiger charge is -2.26. The number of fused-ring (bicyclic) bond motifs is 1. The number of ether oxygens (including phenoxy) is 2. The second kappa shape index (κ2) is 7.14. The van der Waals surface area contributed by atoms with E-state index in [1.54, 1.807) is 0 Å². The van der Waals surface area contributed by atoms with Crippen LogP contribution in [0.3, 0.4) is 0 Å². The number of Topliss-reactive ketones (excluding diaryl/α,β-unsaturated/α-hetero) is 1. The summed E-state index contributed by atoms with van der Waals surface area (Å²) < 4.78 is 10.8. The Morgan fingerprint density at radius 3 is 2.76 bits per heavy atom. The maximum atomic E-state index is 12.9. The van der Waals surface area contributed by atoms with E-state index in [2.05, 4.69) is 11.8 Å². The SMILES string of the molecule is CCCC(C(=O)c1cccc2c1OCO2)N1CCCC1.Cl. The number of carbonyl (C=O) groups excluding carboxylic acids is 1. The van der Waals surface area contributed by atoms with E-state index in [1.165, 1.54) is 12.8 Å². The lowest BCUT2D eigenvalue weighted by Crippen LogP contribution is -2.39. The lowest BCUT2D eigenvalue weighted by atomic mass is 9.98. The van der Waals surface area contributed by atoms with Crippen LogP contribution in [-0.4, -0.2) is 36.6 Å². The minimum Gasteiger partial charge on any atom is -0.454 e. The molecule has 116 valence electrons. The van der Waals surface area contributed by atoms with Gasteiger partial charge in [0.2, 0.25) is 6.79 Å². The molecule has 1 saturated heterocycles. The van der Waals surface area contributed by atoms with Gasteiger partial charge in [0.25, 0.3) is 0 Å². The Hall–Kier alpha value is -1.26. The number of hydrogen-bond donors (Lipinski definition) is 0. The quantitative estimate of drug-likeness (QED) is 0.782. The summed E-state index contributed by atoms with van der Waals surface area (Å²) >= 11 is 0. The van der Waals surface area contributed by atoms with Crippen LogP contribution in [0.25, 0.3) is 0 Å². The Morgan fingerprint density at radius 2 is 2.05 bits per heavy atom. The summed E-state index contributed by atoms with van der Waals surface area (Å²) in [5.74, 6) is 1.49. The number of rotatable bonds is 5. The lowest BCUT2D eigenvalue weighted by molar-refractivity contribution is 0.0832. The molecular formula is C16H22ClNO3. The van der Waals surface area contributed by atoms with E-state index >= 15 is 0 Å². The highest BCUT2D eigenvalue weighted by Gasteiger charge is 2.31. The van der Waals surface area contributed by atoms with Crippen LogP contribution >= 0.6 is 12.4 Å². The molecule has 1 atom stereocenters. The van der Waals surface area contributed by atoms with E-state index in [0.717, 1.165) is 25.9 Å². The number of nitrogens with zero attached hydrogens (tertiary/aromatic N) is 1. The van der Waals surface area contributed by atoms with Crippen molar-refractivity contribution < 1.29 is 14.3 Å². The van der Waals surface area contributed by atoms with Gasteiger partial charge in [0.05, 0.1) is 11.6 Å². The van der Waals surface area contributed by atoms with Gasteiger partial charge in [-0.05, 0) is 44.5 Å². The predicted molar refractivity (Wildman–Crippen MR) is 83.6 cm³/mol. The van der Waals surface area contributed by atoms with Crippen molar-refractivity contribution in [3.8, 4) is 11.5 Å². The smallest absolute Gasteiger partial charge is 0.231 e. The molecule has 2 heterocycles. The number of carbonyl (C=O) groups is 1. The molecule has 2 aliphatic rings. The summed E-state index contributed by atoms with van der Waals surface area (Å²) in [6.45, 7) is 4.40. The molecule has 1 fully saturated rings. The first-order valence-electron chi connectivity index (χ1n) is 7.48. The zero-order valence-electron chi connectivity index (χ0n) is 12.3. The molecule has 4 nitrogen and oxygen atoms in total. The van der Waals surface area contributed by atoms with E-state index < -0.39 is 0 Å². The first-order chi connectivity index (χ1) is 9.81. The third-order valence-electron chi connectivity index (χ3n) is 4.11. The van der Waals surface area contributed by atoms with Crippen molar-refractivity contribution in [2.24, 2.45) is 0 Å². The third-order valence-corrected chi connectivity index (χ3v) is 4.11. The van der Waals surface area contributed by atoms with Gasteiger partial charge >= 0.3 is 0 Å². The summed E-state index contributed by atoms with van der Waals surface area (Å²) in [6, 6.07) is 5.56. The number of likely N-dealkylation sites (tertiary alicyclic amines) is 1. The fourth-order valence-electron chi connectivity index (χ4n) is 3.11. The van der Waals surface area contributed by atoms with Gasteiger partial charge in [0.15, 0.2) is 17.3 Å². The van der Waals surface area contributed by atoms with Gasteiger partial charge in [0, 0.05) is 0 Å². The van der Waals surface area contributed by atoms with E-state index in [0.29, 0.717) is 17.1 Å². The van der Waals surface area contributed by atoms with E-state index in [1.807, 2.05) is 18.2 Å². The van der Waals surface area contributed by atoms with Crippen LogP contribution in [0.2, 0.25) is 0 Å². The summed E-state index contributed by atoms with van der Waals surface area (Å²) in [5, 5.41) is 0. The molecule has 0 aliphatic carbocycles. The van der Waals surface area contributed by atoms with Crippen LogP contribution in [0, 0.1) is 0 Å². The van der Waals surface area contributed by atoms with Crippen molar-refractivity contribution >= 4 is 18.2 Å². The molecule has 1 aromatic carbocycles. The zero-order valence-corrected chi connectivity index (χ0v) is 13.2. The normalized spacial score (nSPS) is 18.3. The van der Waals surface area contributed by atoms with Crippen molar-refractivity contribution in [2.75, 3.05) is 19.9 Å². The van der Waals surface area contributed by atoms with Gasteiger partial charge in [-0.3, -0.25) is 9.69 Å². The van der Waals surface area contributed by atoms with Crippen molar-refractivity contribution in [3.63, 3.8) is 0 Å². The Kier molecular flexibility index (Phi) is 5.48. The maximum Gasteiger partial charge on any atom is 0.231 e. The Labute approximate surface area is 131 Å². The summed E-state index contributed by atoms with van der Waals surface area (Å²) in [6.07, 6.45) is 4.31. The molecule has 0 aromatic heterocycles. The molecule has 5 heteroatoms. The highest BCUT2D eigenvalue weighted by atomic mass is 35.5. The topological polar surface area (TPSA) is 38.8 Å². The van der Waals surface area contributed by atoms with Crippen LogP contribution in [0.5, 0.6) is 11.5 Å². The third kappa shape index (κ3) is 3.16. The summed E-state index contributed by atoms with van der Waals surface area (Å²) in [4.78, 5) is 15.2. The van der Waals surface area contributed by atoms with Crippen LogP contribution < -0.4 is 9.47 Å². The highest BCUT2D eigenvalue weighted by Crippen LogP contribution is 2.36. The molecule has 0 spiro atoms. The predicted octanol–water partition coefficient (Wildman–Crippen LogP) is 3.28. The molecule has 3 rings (SSSR count). The van der Waals surface area contributed by atoms with Crippen molar-refractivity contribution in [2.45, 2.75) is 38.6 Å². The largest absolute Gasteiger partial charge is 0.454 e. The average molecular weight is 312 g/mol. The Bertz CT molecular complexity index is 500. The van der Waals surface area contributed by atoms with Crippen LogP contribution in [0.15, 0.2) is 18.2 Å². The van der Waals surface area contributed by atoms with Crippen molar-refractivity contribution in [1.82, 2.24) is 4.90 Å². The van der Waals surface area contributed by atoms with E-state index in [-0.39, 0.29) is 31.0 Å². The van der Waals surface area contributed by atoms with Crippen LogP contribution in [0.4, 0.5) is 0 Å². The molecule has 0 bridgehead atoms. The van der Waals surface area contributed by atoms with E-state index in [9.17, 15) is 4.79 Å². The Morgan fingerprint density at radius 1 is 1.29 bits per heavy atom. The van der Waals surface area contributed by atoms with E-state index in [4.69, 9.17) is 9.47 Å². The molecule has 2 aliphatic heterocycles. The number of benzene rings is 1. The molecule has 21 heavy (non-hydrogen) atoms. The number of hydrogen-bond acceptors (Lipinski definition) is 4. The first-order valence-corrected chi connectivity index (χ1v) is 7.48. The number of para-hydroxylation sites is 1. The molecular weight excluding hydrogens is 290 g/mol. The molecule has 0 amide bonds. The fraction of sp³-hybridized carbons (Fsp3) is 0.562. The van der Waals surface area contributed by atoms with Gasteiger partial charge in [0.1, 0.15) is 0 Å². The average Bonchev–Trinajstić information content (AvgIpc) is 3.14. The molecule has 0 N–H and O–H groups in total. The van der Waals surface area contributed by atoms with Crippen molar-refractivity contribution in [3.05, 3.63) is 23.8 Å². The molecule has 0 saturated carbocycles. The van der Waals surface area contributed by atoms with Gasteiger partial charge in [-0.2, -0.15) is 0 Å². The highest BCUT2D eigenvalue weighted by molar-refractivity contribution is 6.03. The van der Waals surface area contributed by atoms with Crippen LogP contribution in [0.1, 0.15) is 43.0 Å². The first kappa shape index (κ1) is 16.1. The standard InChI is InChI=1S/C16H21NO3.ClH/c1-2-6-13(17-9-3-4-10-17)15(18)12-7-5-8-14-16(12)20-11-19-14;/h5,7-8,13H,2-4,6,9-11H2,1H3;1H. The van der Waals surface area contributed by atoms with Crippen molar-refractivity contribution in [1.29, 1.82) is 0 Å². The summed E-state index contributed by atoms with van der Waals surface area (Å²) in [5.41, 5.74) is 0.672. The monoisotopic (exact) mass is 311 g/mol. The van der Waals surface area contributed by atoms with Gasteiger partial charge in [-0.15, -0.1) is 12.4 Å². The van der Waals surface area contributed by atoms with Crippen LogP contribution in [-0.2, 0) is 0 Å². The molecule has 1 aromatic rings. The van der Waals surface area contributed by atoms with Gasteiger partial charge in [-0.1, -0.05) is 19.4 Å².